The van der Waals surface area contributed by atoms with Crippen molar-refractivity contribution >= 4 is 46.4 Å². The fourth-order valence-electron chi connectivity index (χ4n) is 3.14. The van der Waals surface area contributed by atoms with Crippen molar-refractivity contribution in [3.05, 3.63) is 52.0 Å². The van der Waals surface area contributed by atoms with Gasteiger partial charge in [0.25, 0.3) is 5.91 Å². The van der Waals surface area contributed by atoms with Crippen molar-refractivity contribution in [1.29, 1.82) is 0 Å². The molecule has 0 aromatic heterocycles. The first kappa shape index (κ1) is 21.5. The van der Waals surface area contributed by atoms with Crippen LogP contribution in [0.5, 0.6) is 5.75 Å². The van der Waals surface area contributed by atoms with E-state index in [4.69, 9.17) is 27.9 Å². The van der Waals surface area contributed by atoms with Crippen LogP contribution < -0.4 is 15.0 Å². The average Bonchev–Trinajstić information content (AvgIpc) is 2.72. The Labute approximate surface area is 180 Å². The van der Waals surface area contributed by atoms with Gasteiger partial charge in [-0.3, -0.25) is 9.59 Å². The lowest BCUT2D eigenvalue weighted by Crippen LogP contribution is -2.43. The summed E-state index contributed by atoms with van der Waals surface area (Å²) in [5.41, 5.74) is 0.867. The molecular weight excluding hydrogens is 411 g/mol. The lowest BCUT2D eigenvalue weighted by Gasteiger charge is -2.29. The number of ether oxygens (including phenoxy) is 1. The molecule has 7 heteroatoms. The molecule has 0 unspecified atom stereocenters. The summed E-state index contributed by atoms with van der Waals surface area (Å²) in [6, 6.07) is 9.99. The van der Waals surface area contributed by atoms with Crippen LogP contribution in [0, 0.1) is 11.3 Å². The van der Waals surface area contributed by atoms with E-state index in [0.717, 1.165) is 0 Å². The Morgan fingerprint density at radius 3 is 2.59 bits per heavy atom. The van der Waals surface area contributed by atoms with E-state index in [1.807, 2.05) is 13.8 Å². The van der Waals surface area contributed by atoms with Crippen LogP contribution >= 0.6 is 23.2 Å². The van der Waals surface area contributed by atoms with Gasteiger partial charge in [-0.1, -0.05) is 37.0 Å². The molecule has 0 saturated heterocycles. The van der Waals surface area contributed by atoms with Gasteiger partial charge >= 0.3 is 0 Å². The van der Waals surface area contributed by atoms with Crippen LogP contribution in [0.3, 0.4) is 0 Å². The summed E-state index contributed by atoms with van der Waals surface area (Å²) in [6.07, 6.45) is 0. The second-order valence-electron chi connectivity index (χ2n) is 8.24. The largest absolute Gasteiger partial charge is 0.490 e. The molecule has 1 N–H and O–H groups in total. The van der Waals surface area contributed by atoms with Gasteiger partial charge in [0.15, 0.2) is 0 Å². The zero-order valence-electron chi connectivity index (χ0n) is 16.9. The molecule has 2 aromatic rings. The second kappa shape index (κ2) is 8.25. The number of fused-ring (bicyclic) bond motifs is 1. The highest BCUT2D eigenvalue weighted by atomic mass is 35.5. The Kier molecular flexibility index (Phi) is 6.11. The first-order chi connectivity index (χ1) is 13.6. The van der Waals surface area contributed by atoms with Crippen molar-refractivity contribution in [2.45, 2.75) is 27.7 Å². The quantitative estimate of drug-likeness (QED) is 0.675. The van der Waals surface area contributed by atoms with E-state index < -0.39 is 5.41 Å². The number of amides is 2. The van der Waals surface area contributed by atoms with E-state index in [1.165, 1.54) is 6.07 Å². The topological polar surface area (TPSA) is 58.6 Å². The number of nitrogens with zero attached hydrogens (tertiary/aromatic N) is 1. The summed E-state index contributed by atoms with van der Waals surface area (Å²) in [5.74, 6) is 0.524. The van der Waals surface area contributed by atoms with Gasteiger partial charge in [-0.15, -0.1) is 0 Å². The van der Waals surface area contributed by atoms with Crippen molar-refractivity contribution in [2.75, 3.05) is 23.4 Å². The smallest absolute Gasteiger partial charge is 0.257 e. The number of hydrogen-bond donors (Lipinski definition) is 1. The van der Waals surface area contributed by atoms with Crippen LogP contribution in [0.1, 0.15) is 38.1 Å². The molecule has 2 amide bonds. The first-order valence-electron chi connectivity index (χ1n) is 9.44. The fraction of sp³-hybridized carbons (Fsp3) is 0.364. The monoisotopic (exact) mass is 434 g/mol. The summed E-state index contributed by atoms with van der Waals surface area (Å²) < 4.78 is 5.91. The van der Waals surface area contributed by atoms with Crippen LogP contribution in [-0.4, -0.2) is 25.0 Å². The zero-order valence-corrected chi connectivity index (χ0v) is 18.4. The predicted molar refractivity (Wildman–Crippen MR) is 117 cm³/mol. The van der Waals surface area contributed by atoms with E-state index in [9.17, 15) is 9.59 Å². The van der Waals surface area contributed by atoms with Gasteiger partial charge < -0.3 is 15.0 Å². The van der Waals surface area contributed by atoms with E-state index in [0.29, 0.717) is 40.9 Å². The van der Waals surface area contributed by atoms with E-state index in [2.05, 4.69) is 19.2 Å². The first-order valence-corrected chi connectivity index (χ1v) is 10.2. The third kappa shape index (κ3) is 4.68. The number of halogens is 2. The number of carbonyl (C=O) groups is 2. The summed E-state index contributed by atoms with van der Waals surface area (Å²) in [4.78, 5) is 27.5. The maximum absolute atomic E-state index is 13.1. The second-order valence-corrected chi connectivity index (χ2v) is 9.09. The van der Waals surface area contributed by atoms with Gasteiger partial charge in [0, 0.05) is 17.3 Å². The Morgan fingerprint density at radius 2 is 1.93 bits per heavy atom. The van der Waals surface area contributed by atoms with E-state index in [1.54, 1.807) is 35.2 Å². The fourth-order valence-corrected chi connectivity index (χ4v) is 3.64. The number of benzene rings is 2. The van der Waals surface area contributed by atoms with Crippen LogP contribution in [0.2, 0.25) is 10.0 Å². The Morgan fingerprint density at radius 1 is 1.21 bits per heavy atom. The molecular formula is C22H24Cl2N2O3. The van der Waals surface area contributed by atoms with Crippen molar-refractivity contribution < 1.29 is 14.3 Å². The molecule has 3 rings (SSSR count). The standard InChI is InChI=1S/C22H24Cl2N2O3/c1-13(2)11-26-18-10-15(6-8-19(18)29-12-22(3,4)21(26)28)25-20(27)16-7-5-14(23)9-17(16)24/h5-10,13H,11-12H2,1-4H3,(H,25,27). The number of rotatable bonds is 4. The van der Waals surface area contributed by atoms with Crippen molar-refractivity contribution in [3.63, 3.8) is 0 Å². The van der Waals surface area contributed by atoms with E-state index in [-0.39, 0.29) is 22.8 Å². The molecule has 154 valence electrons. The highest BCUT2D eigenvalue weighted by Gasteiger charge is 2.38. The highest BCUT2D eigenvalue weighted by Crippen LogP contribution is 2.38. The van der Waals surface area contributed by atoms with Crippen LogP contribution in [0.15, 0.2) is 36.4 Å². The summed E-state index contributed by atoms with van der Waals surface area (Å²) in [7, 11) is 0. The molecule has 0 saturated carbocycles. The Balaban J connectivity index is 1.94. The maximum atomic E-state index is 13.1. The highest BCUT2D eigenvalue weighted by molar-refractivity contribution is 6.37. The summed E-state index contributed by atoms with van der Waals surface area (Å²) in [5, 5.41) is 3.57. The van der Waals surface area contributed by atoms with Gasteiger partial charge in [0.2, 0.25) is 5.91 Å². The lowest BCUT2D eigenvalue weighted by atomic mass is 9.92. The number of anilines is 2. The molecule has 0 fully saturated rings. The van der Waals surface area contributed by atoms with Crippen LogP contribution in [0.25, 0.3) is 0 Å². The van der Waals surface area contributed by atoms with Gasteiger partial charge in [-0.25, -0.2) is 0 Å². The molecule has 0 bridgehead atoms. The lowest BCUT2D eigenvalue weighted by molar-refractivity contribution is -0.127. The Hall–Kier alpha value is -2.24. The summed E-state index contributed by atoms with van der Waals surface area (Å²) >= 11 is 12.0. The predicted octanol–water partition coefficient (Wildman–Crippen LogP) is 5.65. The normalized spacial score (nSPS) is 15.6. The van der Waals surface area contributed by atoms with Crippen molar-refractivity contribution in [2.24, 2.45) is 11.3 Å². The minimum Gasteiger partial charge on any atom is -0.490 e. The van der Waals surface area contributed by atoms with Crippen molar-refractivity contribution in [1.82, 2.24) is 0 Å². The molecule has 1 aliphatic heterocycles. The molecule has 29 heavy (non-hydrogen) atoms. The molecule has 0 spiro atoms. The molecule has 0 atom stereocenters. The average molecular weight is 435 g/mol. The minimum atomic E-state index is -0.645. The Bertz CT molecular complexity index is 957. The van der Waals surface area contributed by atoms with Gasteiger partial charge in [0.1, 0.15) is 12.4 Å². The number of nitrogens with one attached hydrogen (secondary N) is 1. The summed E-state index contributed by atoms with van der Waals surface area (Å²) in [6.45, 7) is 8.71. The molecule has 5 nitrogen and oxygen atoms in total. The minimum absolute atomic E-state index is 0.00540. The zero-order chi connectivity index (χ0) is 21.3. The molecule has 1 aliphatic rings. The van der Waals surface area contributed by atoms with Gasteiger partial charge in [-0.2, -0.15) is 0 Å². The third-order valence-corrected chi connectivity index (χ3v) is 5.19. The number of carbonyl (C=O) groups excluding carboxylic acids is 2. The molecule has 2 aromatic carbocycles. The SMILES string of the molecule is CC(C)CN1C(=O)C(C)(C)COc2ccc(NC(=O)c3ccc(Cl)cc3Cl)cc21. The third-order valence-electron chi connectivity index (χ3n) is 4.64. The van der Waals surface area contributed by atoms with Gasteiger partial charge in [0.05, 0.1) is 21.7 Å². The van der Waals surface area contributed by atoms with E-state index >= 15 is 0 Å². The number of hydrogen-bond acceptors (Lipinski definition) is 3. The van der Waals surface area contributed by atoms with Gasteiger partial charge in [-0.05, 0) is 56.2 Å². The molecule has 0 radical (unpaired) electrons. The van der Waals surface area contributed by atoms with Crippen molar-refractivity contribution in [3.8, 4) is 5.75 Å². The van der Waals surface area contributed by atoms with Crippen LogP contribution in [0.4, 0.5) is 11.4 Å². The molecule has 0 aliphatic carbocycles. The van der Waals surface area contributed by atoms with Crippen LogP contribution in [-0.2, 0) is 4.79 Å². The molecule has 1 heterocycles. The maximum Gasteiger partial charge on any atom is 0.257 e.